The van der Waals surface area contributed by atoms with Gasteiger partial charge in [-0.15, -0.1) is 0 Å². The summed E-state index contributed by atoms with van der Waals surface area (Å²) in [5, 5.41) is 3.99. The van der Waals surface area contributed by atoms with Gasteiger partial charge in [0.1, 0.15) is 12.2 Å². The van der Waals surface area contributed by atoms with Crippen LogP contribution in [0.25, 0.3) is 11.2 Å². The first-order valence-corrected chi connectivity index (χ1v) is 7.92. The Hall–Kier alpha value is -2.14. The SMILES string of the molecule is Clc1cccc(Nc2ncnc3c2nc2n3CCCCC2)c1. The molecule has 0 fully saturated rings. The van der Waals surface area contributed by atoms with Crippen molar-refractivity contribution in [2.24, 2.45) is 0 Å². The number of benzene rings is 1. The average molecular weight is 314 g/mol. The molecule has 0 bridgehead atoms. The number of hydrogen-bond acceptors (Lipinski definition) is 4. The normalized spacial score (nSPS) is 14.6. The summed E-state index contributed by atoms with van der Waals surface area (Å²) >= 11 is 6.04. The monoisotopic (exact) mass is 313 g/mol. The smallest absolute Gasteiger partial charge is 0.165 e. The van der Waals surface area contributed by atoms with E-state index in [4.69, 9.17) is 16.6 Å². The van der Waals surface area contributed by atoms with Crippen LogP contribution in [0.15, 0.2) is 30.6 Å². The van der Waals surface area contributed by atoms with E-state index in [1.54, 1.807) is 6.33 Å². The maximum atomic E-state index is 6.04. The number of anilines is 2. The summed E-state index contributed by atoms with van der Waals surface area (Å²) in [4.78, 5) is 13.6. The highest BCUT2D eigenvalue weighted by atomic mass is 35.5. The topological polar surface area (TPSA) is 55.6 Å². The minimum atomic E-state index is 0.691. The van der Waals surface area contributed by atoms with E-state index in [0.717, 1.165) is 41.5 Å². The fraction of sp³-hybridized carbons (Fsp3) is 0.312. The molecule has 0 radical (unpaired) electrons. The number of halogens is 1. The zero-order valence-corrected chi connectivity index (χ0v) is 12.8. The van der Waals surface area contributed by atoms with Gasteiger partial charge in [0.15, 0.2) is 17.0 Å². The largest absolute Gasteiger partial charge is 0.338 e. The van der Waals surface area contributed by atoms with Crippen molar-refractivity contribution in [3.05, 3.63) is 41.4 Å². The van der Waals surface area contributed by atoms with E-state index in [-0.39, 0.29) is 0 Å². The lowest BCUT2D eigenvalue weighted by Crippen LogP contribution is -2.01. The Labute approximate surface area is 133 Å². The van der Waals surface area contributed by atoms with Crippen LogP contribution < -0.4 is 5.32 Å². The number of nitrogens with zero attached hydrogens (tertiary/aromatic N) is 4. The molecule has 0 atom stereocenters. The molecule has 2 aromatic heterocycles. The van der Waals surface area contributed by atoms with Crippen LogP contribution in [-0.2, 0) is 13.0 Å². The van der Waals surface area contributed by atoms with Gasteiger partial charge >= 0.3 is 0 Å². The van der Waals surface area contributed by atoms with Crippen LogP contribution in [0, 0.1) is 0 Å². The van der Waals surface area contributed by atoms with E-state index in [2.05, 4.69) is 19.9 Å². The summed E-state index contributed by atoms with van der Waals surface area (Å²) in [6.07, 6.45) is 6.22. The van der Waals surface area contributed by atoms with E-state index in [1.807, 2.05) is 24.3 Å². The quantitative estimate of drug-likeness (QED) is 0.778. The lowest BCUT2D eigenvalue weighted by molar-refractivity contribution is 0.643. The fourth-order valence-corrected chi connectivity index (χ4v) is 3.12. The average Bonchev–Trinajstić information content (AvgIpc) is 2.71. The molecule has 0 aliphatic carbocycles. The van der Waals surface area contributed by atoms with Crippen LogP contribution >= 0.6 is 11.6 Å². The molecular weight excluding hydrogens is 298 g/mol. The van der Waals surface area contributed by atoms with Gasteiger partial charge in [0, 0.05) is 23.7 Å². The molecule has 3 heterocycles. The molecule has 0 saturated heterocycles. The van der Waals surface area contributed by atoms with Gasteiger partial charge in [-0.25, -0.2) is 15.0 Å². The van der Waals surface area contributed by atoms with Crippen molar-refractivity contribution in [3.63, 3.8) is 0 Å². The minimum absolute atomic E-state index is 0.691. The number of nitrogens with one attached hydrogen (secondary N) is 1. The Bertz CT molecular complexity index is 827. The van der Waals surface area contributed by atoms with Gasteiger partial charge in [-0.2, -0.15) is 0 Å². The van der Waals surface area contributed by atoms with Gasteiger partial charge < -0.3 is 9.88 Å². The van der Waals surface area contributed by atoms with Gasteiger partial charge in [0.2, 0.25) is 0 Å². The molecule has 1 aliphatic heterocycles. The maximum absolute atomic E-state index is 6.04. The first-order valence-electron chi connectivity index (χ1n) is 7.54. The number of imidazole rings is 1. The van der Waals surface area contributed by atoms with Crippen molar-refractivity contribution < 1.29 is 0 Å². The Morgan fingerprint density at radius 2 is 2.09 bits per heavy atom. The van der Waals surface area contributed by atoms with Gasteiger partial charge in [-0.05, 0) is 31.0 Å². The number of fused-ring (bicyclic) bond motifs is 3. The minimum Gasteiger partial charge on any atom is -0.338 e. The fourth-order valence-electron chi connectivity index (χ4n) is 2.93. The van der Waals surface area contributed by atoms with E-state index in [1.165, 1.54) is 19.3 Å². The number of hydrogen-bond donors (Lipinski definition) is 1. The summed E-state index contributed by atoms with van der Waals surface area (Å²) in [5.41, 5.74) is 2.64. The van der Waals surface area contributed by atoms with E-state index in [9.17, 15) is 0 Å². The molecule has 5 nitrogen and oxygen atoms in total. The first-order chi connectivity index (χ1) is 10.8. The van der Waals surface area contributed by atoms with Gasteiger partial charge in [0.05, 0.1) is 0 Å². The van der Waals surface area contributed by atoms with Crippen molar-refractivity contribution in [1.29, 1.82) is 0 Å². The summed E-state index contributed by atoms with van der Waals surface area (Å²) in [7, 11) is 0. The van der Waals surface area contributed by atoms with Crippen LogP contribution in [0.5, 0.6) is 0 Å². The van der Waals surface area contributed by atoms with Crippen LogP contribution in [0.3, 0.4) is 0 Å². The highest BCUT2D eigenvalue weighted by Gasteiger charge is 2.17. The zero-order chi connectivity index (χ0) is 14.9. The predicted octanol–water partition coefficient (Wildman–Crippen LogP) is 3.95. The summed E-state index contributed by atoms with van der Waals surface area (Å²) in [6, 6.07) is 7.59. The lowest BCUT2D eigenvalue weighted by atomic mass is 10.2. The molecule has 0 spiro atoms. The van der Waals surface area contributed by atoms with Crippen molar-refractivity contribution in [1.82, 2.24) is 19.5 Å². The Kier molecular flexibility index (Phi) is 3.42. The van der Waals surface area contributed by atoms with E-state index < -0.39 is 0 Å². The van der Waals surface area contributed by atoms with Crippen LogP contribution in [0.2, 0.25) is 5.02 Å². The Balaban J connectivity index is 1.78. The van der Waals surface area contributed by atoms with Crippen molar-refractivity contribution in [2.45, 2.75) is 32.2 Å². The number of rotatable bonds is 2. The molecular formula is C16H16ClN5. The molecule has 0 amide bonds. The maximum Gasteiger partial charge on any atom is 0.165 e. The van der Waals surface area contributed by atoms with Crippen molar-refractivity contribution >= 4 is 34.3 Å². The van der Waals surface area contributed by atoms with Crippen LogP contribution in [0.1, 0.15) is 25.1 Å². The highest BCUT2D eigenvalue weighted by molar-refractivity contribution is 6.30. The van der Waals surface area contributed by atoms with Gasteiger partial charge in [-0.3, -0.25) is 0 Å². The number of aryl methyl sites for hydroxylation is 2. The molecule has 4 rings (SSSR count). The third kappa shape index (κ3) is 2.41. The van der Waals surface area contributed by atoms with E-state index >= 15 is 0 Å². The zero-order valence-electron chi connectivity index (χ0n) is 12.1. The molecule has 0 unspecified atom stereocenters. The lowest BCUT2D eigenvalue weighted by Gasteiger charge is -2.06. The molecule has 22 heavy (non-hydrogen) atoms. The molecule has 6 heteroatoms. The van der Waals surface area contributed by atoms with Gasteiger partial charge in [-0.1, -0.05) is 24.1 Å². The molecule has 1 N–H and O–H groups in total. The second-order valence-corrected chi connectivity index (χ2v) is 5.96. The first kappa shape index (κ1) is 13.5. The Morgan fingerprint density at radius 1 is 1.14 bits per heavy atom. The van der Waals surface area contributed by atoms with Crippen LogP contribution in [-0.4, -0.2) is 19.5 Å². The highest BCUT2D eigenvalue weighted by Crippen LogP contribution is 2.26. The van der Waals surface area contributed by atoms with Crippen molar-refractivity contribution in [3.8, 4) is 0 Å². The summed E-state index contributed by atoms with van der Waals surface area (Å²) in [6.45, 7) is 0.986. The molecule has 112 valence electrons. The third-order valence-electron chi connectivity index (χ3n) is 3.98. The van der Waals surface area contributed by atoms with Crippen LogP contribution in [0.4, 0.5) is 11.5 Å². The molecule has 1 aliphatic rings. The standard InChI is InChI=1S/C16H16ClN5/c17-11-5-4-6-12(9-11)20-15-14-16(19-10-18-15)22-8-3-1-2-7-13(22)21-14/h4-6,9-10H,1-3,7-8H2,(H,18,19,20). The van der Waals surface area contributed by atoms with Crippen molar-refractivity contribution in [2.75, 3.05) is 5.32 Å². The van der Waals surface area contributed by atoms with Gasteiger partial charge in [0.25, 0.3) is 0 Å². The molecule has 3 aromatic rings. The second-order valence-electron chi connectivity index (χ2n) is 5.52. The summed E-state index contributed by atoms with van der Waals surface area (Å²) < 4.78 is 2.23. The third-order valence-corrected chi connectivity index (χ3v) is 4.22. The van der Waals surface area contributed by atoms with E-state index in [0.29, 0.717) is 5.02 Å². The molecule has 1 aromatic carbocycles. The number of aromatic nitrogens is 4. The molecule has 0 saturated carbocycles. The predicted molar refractivity (Wildman–Crippen MR) is 87.6 cm³/mol. The summed E-state index contributed by atoms with van der Waals surface area (Å²) in [5.74, 6) is 1.84. The second kappa shape index (κ2) is 5.57. The Morgan fingerprint density at radius 3 is 3.00 bits per heavy atom.